The zero-order chi connectivity index (χ0) is 13.9. The lowest BCUT2D eigenvalue weighted by Gasteiger charge is -2.04. The van der Waals surface area contributed by atoms with E-state index in [-0.39, 0.29) is 5.78 Å². The van der Waals surface area contributed by atoms with Crippen molar-refractivity contribution in [2.24, 2.45) is 0 Å². The van der Waals surface area contributed by atoms with Gasteiger partial charge in [0, 0.05) is 23.9 Å². The topological polar surface area (TPSA) is 30.0 Å². The molecule has 3 rings (SSSR count). The molecule has 0 amide bonds. The van der Waals surface area contributed by atoms with Crippen molar-refractivity contribution in [3.05, 3.63) is 77.6 Å². The van der Waals surface area contributed by atoms with Crippen molar-refractivity contribution in [1.29, 1.82) is 0 Å². The third-order valence-corrected chi connectivity index (χ3v) is 3.41. The van der Waals surface area contributed by atoms with E-state index >= 15 is 0 Å². The van der Waals surface area contributed by atoms with Gasteiger partial charge >= 0.3 is 0 Å². The molecule has 0 aliphatic rings. The molecule has 0 spiro atoms. The summed E-state index contributed by atoms with van der Waals surface area (Å²) >= 11 is 0. The number of fused-ring (bicyclic) bond motifs is 1. The van der Waals surface area contributed by atoms with E-state index in [2.05, 4.69) is 29.2 Å². The fourth-order valence-corrected chi connectivity index (χ4v) is 2.27. The van der Waals surface area contributed by atoms with E-state index < -0.39 is 0 Å². The molecule has 0 N–H and O–H groups in total. The first-order valence-corrected chi connectivity index (χ1v) is 6.66. The first-order chi connectivity index (χ1) is 9.72. The number of rotatable bonds is 3. The van der Waals surface area contributed by atoms with E-state index in [0.29, 0.717) is 12.0 Å². The molecule has 2 heteroatoms. The highest BCUT2D eigenvalue weighted by atomic mass is 16.1. The summed E-state index contributed by atoms with van der Waals surface area (Å²) in [6, 6.07) is 18.0. The molecule has 2 aromatic carbocycles. The maximum atomic E-state index is 12.2. The molecule has 0 unspecified atom stereocenters. The number of aryl methyl sites for hydroxylation is 1. The van der Waals surface area contributed by atoms with E-state index in [9.17, 15) is 4.79 Å². The van der Waals surface area contributed by atoms with E-state index in [0.717, 1.165) is 11.3 Å². The standard InChI is InChI=1S/C18H15NO/c1-13-6-8-17(12-19-13)18(20)11-14-7-9-15-4-2-3-5-16(15)10-14/h2-10,12H,11H2,1H3. The molecule has 3 aromatic rings. The number of benzene rings is 2. The molecule has 1 heterocycles. The number of hydrogen-bond acceptors (Lipinski definition) is 2. The maximum absolute atomic E-state index is 12.2. The molecule has 1 aromatic heterocycles. The Labute approximate surface area is 118 Å². The fraction of sp³-hybridized carbons (Fsp3) is 0.111. The van der Waals surface area contributed by atoms with Gasteiger partial charge in [0.05, 0.1) is 0 Å². The number of carbonyl (C=O) groups is 1. The monoisotopic (exact) mass is 261 g/mol. The number of Topliss-reactive ketones (excluding diaryl/α,β-unsaturated/α-hetero) is 1. The number of aromatic nitrogens is 1. The largest absolute Gasteiger partial charge is 0.294 e. The number of pyridine rings is 1. The molecule has 0 saturated heterocycles. The molecule has 0 saturated carbocycles. The SMILES string of the molecule is Cc1ccc(C(=O)Cc2ccc3ccccc3c2)cn1. The van der Waals surface area contributed by atoms with Crippen LogP contribution in [0, 0.1) is 6.92 Å². The highest BCUT2D eigenvalue weighted by Crippen LogP contribution is 2.17. The number of nitrogens with zero attached hydrogens (tertiary/aromatic N) is 1. The van der Waals surface area contributed by atoms with Crippen molar-refractivity contribution in [2.45, 2.75) is 13.3 Å². The second-order valence-corrected chi connectivity index (χ2v) is 4.97. The fourth-order valence-electron chi connectivity index (χ4n) is 2.27. The van der Waals surface area contributed by atoms with Gasteiger partial charge in [0.25, 0.3) is 0 Å². The Morgan fingerprint density at radius 1 is 1.00 bits per heavy atom. The van der Waals surface area contributed by atoms with Gasteiger partial charge in [-0.05, 0) is 35.4 Å². The minimum Gasteiger partial charge on any atom is -0.294 e. The average molecular weight is 261 g/mol. The second kappa shape index (κ2) is 5.25. The lowest BCUT2D eigenvalue weighted by molar-refractivity contribution is 0.0992. The molecule has 0 atom stereocenters. The van der Waals surface area contributed by atoms with Gasteiger partial charge in [0.15, 0.2) is 5.78 Å². The molecule has 98 valence electrons. The predicted molar refractivity (Wildman–Crippen MR) is 81.0 cm³/mol. The Hall–Kier alpha value is -2.48. The minimum absolute atomic E-state index is 0.104. The third kappa shape index (κ3) is 2.59. The van der Waals surface area contributed by atoms with Crippen LogP contribution < -0.4 is 0 Å². The summed E-state index contributed by atoms with van der Waals surface area (Å²) < 4.78 is 0. The van der Waals surface area contributed by atoms with Crippen LogP contribution in [0.1, 0.15) is 21.6 Å². The van der Waals surface area contributed by atoms with Crippen LogP contribution in [0.4, 0.5) is 0 Å². The Morgan fingerprint density at radius 3 is 2.55 bits per heavy atom. The Balaban J connectivity index is 1.85. The Kier molecular flexibility index (Phi) is 3.30. The normalized spacial score (nSPS) is 10.7. The van der Waals surface area contributed by atoms with Gasteiger partial charge in [0.1, 0.15) is 0 Å². The molecule has 0 aliphatic heterocycles. The maximum Gasteiger partial charge on any atom is 0.168 e. The zero-order valence-corrected chi connectivity index (χ0v) is 11.3. The zero-order valence-electron chi connectivity index (χ0n) is 11.3. The Morgan fingerprint density at radius 2 is 1.80 bits per heavy atom. The molecule has 2 nitrogen and oxygen atoms in total. The second-order valence-electron chi connectivity index (χ2n) is 4.97. The lowest BCUT2D eigenvalue weighted by atomic mass is 10.0. The summed E-state index contributed by atoms with van der Waals surface area (Å²) in [4.78, 5) is 16.4. The Bertz CT molecular complexity index is 760. The summed E-state index contributed by atoms with van der Waals surface area (Å²) in [7, 11) is 0. The van der Waals surface area contributed by atoms with Crippen LogP contribution in [0.5, 0.6) is 0 Å². The average Bonchev–Trinajstić information content (AvgIpc) is 2.48. The van der Waals surface area contributed by atoms with Crippen LogP contribution in [-0.4, -0.2) is 10.8 Å². The summed E-state index contributed by atoms with van der Waals surface area (Å²) in [5, 5.41) is 2.36. The van der Waals surface area contributed by atoms with Crippen LogP contribution in [0.25, 0.3) is 10.8 Å². The highest BCUT2D eigenvalue weighted by Gasteiger charge is 2.07. The first-order valence-electron chi connectivity index (χ1n) is 6.66. The highest BCUT2D eigenvalue weighted by molar-refractivity contribution is 5.97. The number of hydrogen-bond donors (Lipinski definition) is 0. The molecular formula is C18H15NO. The minimum atomic E-state index is 0.104. The number of ketones is 1. The quantitative estimate of drug-likeness (QED) is 0.668. The van der Waals surface area contributed by atoms with Gasteiger partial charge < -0.3 is 0 Å². The molecular weight excluding hydrogens is 246 g/mol. The van der Waals surface area contributed by atoms with E-state index in [4.69, 9.17) is 0 Å². The van der Waals surface area contributed by atoms with Gasteiger partial charge in [-0.25, -0.2) is 0 Å². The van der Waals surface area contributed by atoms with Crippen LogP contribution in [0.3, 0.4) is 0 Å². The lowest BCUT2D eigenvalue weighted by Crippen LogP contribution is -2.04. The van der Waals surface area contributed by atoms with Crippen molar-refractivity contribution in [3.63, 3.8) is 0 Å². The van der Waals surface area contributed by atoms with Crippen LogP contribution in [-0.2, 0) is 6.42 Å². The molecule has 0 radical (unpaired) electrons. The van der Waals surface area contributed by atoms with E-state index in [1.54, 1.807) is 6.20 Å². The third-order valence-electron chi connectivity index (χ3n) is 3.41. The van der Waals surface area contributed by atoms with Crippen molar-refractivity contribution in [2.75, 3.05) is 0 Å². The van der Waals surface area contributed by atoms with Crippen molar-refractivity contribution >= 4 is 16.6 Å². The summed E-state index contributed by atoms with van der Waals surface area (Å²) in [5.74, 6) is 0.104. The van der Waals surface area contributed by atoms with Gasteiger partial charge in [-0.2, -0.15) is 0 Å². The summed E-state index contributed by atoms with van der Waals surface area (Å²) in [6.07, 6.45) is 2.06. The van der Waals surface area contributed by atoms with Crippen LogP contribution >= 0.6 is 0 Å². The van der Waals surface area contributed by atoms with Gasteiger partial charge in [-0.1, -0.05) is 42.5 Å². The molecule has 0 bridgehead atoms. The predicted octanol–water partition coefficient (Wildman–Crippen LogP) is 3.97. The van der Waals surface area contributed by atoms with Gasteiger partial charge in [-0.3, -0.25) is 9.78 Å². The van der Waals surface area contributed by atoms with Gasteiger partial charge in [0.2, 0.25) is 0 Å². The molecule has 0 fully saturated rings. The molecule has 20 heavy (non-hydrogen) atoms. The van der Waals surface area contributed by atoms with Crippen molar-refractivity contribution < 1.29 is 4.79 Å². The first kappa shape index (κ1) is 12.5. The summed E-state index contributed by atoms with van der Waals surface area (Å²) in [5.41, 5.74) is 2.63. The van der Waals surface area contributed by atoms with Crippen LogP contribution in [0.2, 0.25) is 0 Å². The van der Waals surface area contributed by atoms with E-state index in [1.807, 2.05) is 37.3 Å². The van der Waals surface area contributed by atoms with Crippen molar-refractivity contribution in [1.82, 2.24) is 4.98 Å². The van der Waals surface area contributed by atoms with Crippen molar-refractivity contribution in [3.8, 4) is 0 Å². The van der Waals surface area contributed by atoms with Crippen LogP contribution in [0.15, 0.2) is 60.8 Å². The summed E-state index contributed by atoms with van der Waals surface area (Å²) in [6.45, 7) is 1.91. The smallest absolute Gasteiger partial charge is 0.168 e. The molecule has 0 aliphatic carbocycles. The van der Waals surface area contributed by atoms with E-state index in [1.165, 1.54) is 10.8 Å². The number of carbonyl (C=O) groups excluding carboxylic acids is 1. The van der Waals surface area contributed by atoms with Gasteiger partial charge in [-0.15, -0.1) is 0 Å².